The number of nitrogens with two attached hydrogens (primary N) is 2. The fraction of sp³-hybridized carbons (Fsp3) is 0.375. The van der Waals surface area contributed by atoms with Crippen LogP contribution in [0.25, 0.3) is 0 Å². The number of nitrogen functional groups attached to an aromatic ring is 1. The van der Waals surface area contributed by atoms with E-state index in [1.165, 1.54) is 12.4 Å². The van der Waals surface area contributed by atoms with Crippen molar-refractivity contribution < 1.29 is 10.2 Å². The third-order valence-corrected chi connectivity index (χ3v) is 1.73. The normalized spacial score (nSPS) is 15.3. The number of hydrogen-bond acceptors (Lipinski definition) is 5. The van der Waals surface area contributed by atoms with E-state index in [1.54, 1.807) is 6.07 Å². The van der Waals surface area contributed by atoms with Crippen molar-refractivity contribution in [1.29, 1.82) is 0 Å². The Morgan fingerprint density at radius 2 is 2.08 bits per heavy atom. The molecule has 2 atom stereocenters. The molecule has 0 saturated heterocycles. The molecule has 0 bridgehead atoms. The van der Waals surface area contributed by atoms with Gasteiger partial charge >= 0.3 is 0 Å². The van der Waals surface area contributed by atoms with Gasteiger partial charge in [0.25, 0.3) is 0 Å². The van der Waals surface area contributed by atoms with E-state index in [1.807, 2.05) is 0 Å². The number of hydrogen-bond donors (Lipinski definition) is 4. The number of aliphatic hydroxyl groups excluding tert-OH is 2. The van der Waals surface area contributed by atoms with Gasteiger partial charge in [-0.15, -0.1) is 0 Å². The van der Waals surface area contributed by atoms with Crippen LogP contribution in [-0.2, 0) is 0 Å². The van der Waals surface area contributed by atoms with E-state index in [0.717, 1.165) is 0 Å². The van der Waals surface area contributed by atoms with Crippen LogP contribution >= 0.6 is 0 Å². The molecule has 2 unspecified atom stereocenters. The minimum atomic E-state index is -1.03. The summed E-state index contributed by atoms with van der Waals surface area (Å²) in [7, 11) is 0. The quantitative estimate of drug-likeness (QED) is 0.482. The first kappa shape index (κ1) is 9.91. The van der Waals surface area contributed by atoms with Gasteiger partial charge in [-0.25, -0.2) is 0 Å². The summed E-state index contributed by atoms with van der Waals surface area (Å²) in [6.07, 6.45) is 0.898. The molecular weight excluding hydrogens is 170 g/mol. The largest absolute Gasteiger partial charge is 0.397 e. The molecule has 1 heterocycles. The molecule has 0 fully saturated rings. The molecule has 5 nitrogen and oxygen atoms in total. The minimum Gasteiger partial charge on any atom is -0.397 e. The van der Waals surface area contributed by atoms with Gasteiger partial charge in [0, 0.05) is 24.5 Å². The number of anilines is 1. The van der Waals surface area contributed by atoms with Crippen molar-refractivity contribution in [2.45, 2.75) is 12.2 Å². The van der Waals surface area contributed by atoms with Crippen LogP contribution in [0.5, 0.6) is 0 Å². The predicted octanol–water partition coefficient (Wildman–Crippen LogP) is -0.983. The molecule has 0 aliphatic heterocycles. The highest BCUT2D eigenvalue weighted by atomic mass is 16.3. The third-order valence-electron chi connectivity index (χ3n) is 1.73. The summed E-state index contributed by atoms with van der Waals surface area (Å²) in [5.74, 6) is 0. The van der Waals surface area contributed by atoms with Crippen molar-refractivity contribution in [2.75, 3.05) is 12.3 Å². The zero-order valence-electron chi connectivity index (χ0n) is 7.09. The zero-order valence-corrected chi connectivity index (χ0v) is 7.09. The average Bonchev–Trinajstić information content (AvgIpc) is 2.15. The van der Waals surface area contributed by atoms with E-state index in [2.05, 4.69) is 4.98 Å². The summed E-state index contributed by atoms with van der Waals surface area (Å²) in [5, 5.41) is 18.7. The molecule has 0 aliphatic rings. The molecule has 6 N–H and O–H groups in total. The Labute approximate surface area is 76.0 Å². The lowest BCUT2D eigenvalue weighted by Gasteiger charge is -2.15. The summed E-state index contributed by atoms with van der Waals surface area (Å²) in [5.41, 5.74) is 11.6. The number of aliphatic hydroxyl groups is 2. The standard InChI is InChI=1S/C8H13N3O2/c9-2-7(12)8(13)5-1-6(10)4-11-3-5/h1,3-4,7-8,12-13H,2,9-10H2. The zero-order chi connectivity index (χ0) is 9.84. The average molecular weight is 183 g/mol. The monoisotopic (exact) mass is 183 g/mol. The maximum Gasteiger partial charge on any atom is 0.108 e. The van der Waals surface area contributed by atoms with Gasteiger partial charge in [-0.2, -0.15) is 0 Å². The maximum atomic E-state index is 9.49. The first-order chi connectivity index (χ1) is 6.15. The Balaban J connectivity index is 2.82. The molecule has 1 aromatic heterocycles. The van der Waals surface area contributed by atoms with Crippen LogP contribution in [-0.4, -0.2) is 27.8 Å². The Kier molecular flexibility index (Phi) is 3.18. The smallest absolute Gasteiger partial charge is 0.108 e. The van der Waals surface area contributed by atoms with Crippen LogP contribution in [0, 0.1) is 0 Å². The molecule has 0 spiro atoms. The summed E-state index contributed by atoms with van der Waals surface area (Å²) < 4.78 is 0. The second kappa shape index (κ2) is 4.18. The van der Waals surface area contributed by atoms with E-state index in [9.17, 15) is 10.2 Å². The second-order valence-corrected chi connectivity index (χ2v) is 2.80. The first-order valence-electron chi connectivity index (χ1n) is 3.91. The predicted molar refractivity (Wildman–Crippen MR) is 48.7 cm³/mol. The van der Waals surface area contributed by atoms with Crippen molar-refractivity contribution in [2.24, 2.45) is 5.73 Å². The number of aromatic nitrogens is 1. The molecule has 1 rings (SSSR count). The summed E-state index contributed by atoms with van der Waals surface area (Å²) in [6.45, 7) is -0.00400. The van der Waals surface area contributed by atoms with Gasteiger partial charge in [-0.05, 0) is 6.07 Å². The van der Waals surface area contributed by atoms with E-state index >= 15 is 0 Å². The number of pyridine rings is 1. The van der Waals surface area contributed by atoms with Gasteiger partial charge in [-0.3, -0.25) is 4.98 Å². The molecule has 0 aliphatic carbocycles. The summed E-state index contributed by atoms with van der Waals surface area (Å²) in [6, 6.07) is 1.55. The van der Waals surface area contributed by atoms with Gasteiger partial charge < -0.3 is 21.7 Å². The van der Waals surface area contributed by atoms with E-state index < -0.39 is 12.2 Å². The maximum absolute atomic E-state index is 9.49. The van der Waals surface area contributed by atoms with Crippen LogP contribution in [0.3, 0.4) is 0 Å². The van der Waals surface area contributed by atoms with Gasteiger partial charge in [0.2, 0.25) is 0 Å². The summed E-state index contributed by atoms with van der Waals surface area (Å²) >= 11 is 0. The highest BCUT2D eigenvalue weighted by molar-refractivity contribution is 5.37. The van der Waals surface area contributed by atoms with E-state index in [4.69, 9.17) is 11.5 Å². The molecule has 1 aromatic rings. The second-order valence-electron chi connectivity index (χ2n) is 2.80. The molecule has 0 aromatic carbocycles. The van der Waals surface area contributed by atoms with Gasteiger partial charge in [0.15, 0.2) is 0 Å². The molecule has 0 amide bonds. The fourth-order valence-electron chi connectivity index (χ4n) is 0.989. The van der Waals surface area contributed by atoms with Crippen LogP contribution in [0.2, 0.25) is 0 Å². The Hall–Kier alpha value is -1.17. The molecule has 0 radical (unpaired) electrons. The highest BCUT2D eigenvalue weighted by Crippen LogP contribution is 2.16. The minimum absolute atomic E-state index is 0.00400. The van der Waals surface area contributed by atoms with Crippen LogP contribution in [0.4, 0.5) is 5.69 Å². The SMILES string of the molecule is NCC(O)C(O)c1cncc(N)c1. The lowest BCUT2D eigenvalue weighted by molar-refractivity contribution is 0.0242. The number of nitrogens with zero attached hydrogens (tertiary/aromatic N) is 1. The molecule has 5 heteroatoms. The first-order valence-corrected chi connectivity index (χ1v) is 3.91. The van der Waals surface area contributed by atoms with Crippen molar-refractivity contribution in [3.63, 3.8) is 0 Å². The Bertz CT molecular complexity index is 280. The van der Waals surface area contributed by atoms with Crippen molar-refractivity contribution >= 4 is 5.69 Å². The van der Waals surface area contributed by atoms with Crippen LogP contribution < -0.4 is 11.5 Å². The van der Waals surface area contributed by atoms with Crippen LogP contribution in [0.15, 0.2) is 18.5 Å². The van der Waals surface area contributed by atoms with Crippen molar-refractivity contribution in [3.8, 4) is 0 Å². The van der Waals surface area contributed by atoms with Crippen LogP contribution in [0.1, 0.15) is 11.7 Å². The molecule has 13 heavy (non-hydrogen) atoms. The molecular formula is C8H13N3O2. The van der Waals surface area contributed by atoms with Gasteiger partial charge in [-0.1, -0.05) is 0 Å². The Morgan fingerprint density at radius 1 is 1.38 bits per heavy atom. The summed E-state index contributed by atoms with van der Waals surface area (Å²) in [4.78, 5) is 3.79. The van der Waals surface area contributed by atoms with Gasteiger partial charge in [0.1, 0.15) is 6.10 Å². The lowest BCUT2D eigenvalue weighted by atomic mass is 10.1. The highest BCUT2D eigenvalue weighted by Gasteiger charge is 2.16. The topological polar surface area (TPSA) is 105 Å². The third kappa shape index (κ3) is 2.38. The van der Waals surface area contributed by atoms with Crippen molar-refractivity contribution in [1.82, 2.24) is 4.98 Å². The fourth-order valence-corrected chi connectivity index (χ4v) is 0.989. The molecule has 0 saturated carbocycles. The number of rotatable bonds is 3. The molecule has 72 valence electrons. The van der Waals surface area contributed by atoms with Crippen molar-refractivity contribution in [3.05, 3.63) is 24.0 Å². The van der Waals surface area contributed by atoms with E-state index in [0.29, 0.717) is 11.3 Å². The van der Waals surface area contributed by atoms with Gasteiger partial charge in [0.05, 0.1) is 11.8 Å². The Morgan fingerprint density at radius 3 is 2.62 bits per heavy atom. The van der Waals surface area contributed by atoms with E-state index in [-0.39, 0.29) is 6.54 Å². The lowest BCUT2D eigenvalue weighted by Crippen LogP contribution is -2.27.